The van der Waals surface area contributed by atoms with E-state index in [1.165, 1.54) is 17.2 Å². The molecule has 3 rings (SSSR count). The molecule has 0 radical (unpaired) electrons. The van der Waals surface area contributed by atoms with Gasteiger partial charge in [0.05, 0.1) is 18.5 Å². The van der Waals surface area contributed by atoms with Gasteiger partial charge in [-0.3, -0.25) is 9.36 Å². The molecule has 102 valence electrons. The Hall–Kier alpha value is -1.48. The fraction of sp³-hybridized carbons (Fsp3) is 0.500. The monoisotopic (exact) mass is 286 g/mol. The normalized spacial score (nSPS) is 31.1. The van der Waals surface area contributed by atoms with Crippen LogP contribution in [0, 0.1) is 0 Å². The quantitative estimate of drug-likeness (QED) is 0.609. The second-order valence-electron chi connectivity index (χ2n) is 4.26. The summed E-state index contributed by atoms with van der Waals surface area (Å²) in [5, 5.41) is 19.7. The molecule has 0 spiro atoms. The van der Waals surface area contributed by atoms with E-state index in [9.17, 15) is 15.0 Å². The summed E-state index contributed by atoms with van der Waals surface area (Å²) in [4.78, 5) is 21.9. The molecular weight excluding hydrogens is 276 g/mol. The molecule has 9 heteroatoms. The van der Waals surface area contributed by atoms with Crippen LogP contribution in [0.25, 0.3) is 11.2 Å². The first kappa shape index (κ1) is 12.5. The molecule has 0 aromatic carbocycles. The molecule has 3 heterocycles. The number of aliphatic hydroxyl groups is 2. The van der Waals surface area contributed by atoms with Gasteiger partial charge >= 0.3 is 0 Å². The Morgan fingerprint density at radius 3 is 2.89 bits per heavy atom. The smallest absolute Gasteiger partial charge is 0.278 e. The van der Waals surface area contributed by atoms with Gasteiger partial charge in [0.25, 0.3) is 5.56 Å². The van der Waals surface area contributed by atoms with Gasteiger partial charge in [-0.15, -0.1) is 11.6 Å². The lowest BCUT2D eigenvalue weighted by Crippen LogP contribution is -2.32. The first-order valence-corrected chi connectivity index (χ1v) is 6.14. The number of aliphatic hydroxyl groups excluding tert-OH is 2. The first-order chi connectivity index (χ1) is 9.13. The largest absolute Gasteiger partial charge is 0.387 e. The minimum atomic E-state index is -1.16. The molecule has 0 amide bonds. The van der Waals surface area contributed by atoms with E-state index in [2.05, 4.69) is 15.0 Å². The molecule has 3 N–H and O–H groups in total. The van der Waals surface area contributed by atoms with Crippen LogP contribution in [0.4, 0.5) is 0 Å². The summed E-state index contributed by atoms with van der Waals surface area (Å²) in [5.74, 6) is 0.0510. The predicted molar refractivity (Wildman–Crippen MR) is 64.8 cm³/mol. The van der Waals surface area contributed by atoms with Crippen molar-refractivity contribution in [1.82, 2.24) is 19.5 Å². The minimum absolute atomic E-state index is 0.0510. The van der Waals surface area contributed by atoms with Crippen molar-refractivity contribution in [3.63, 3.8) is 0 Å². The summed E-state index contributed by atoms with van der Waals surface area (Å²) in [6.07, 6.45) is -1.24. The molecular formula is C10H11ClN4O4. The Bertz CT molecular complexity index is 656. The van der Waals surface area contributed by atoms with E-state index in [1.54, 1.807) is 0 Å². The third-order valence-corrected chi connectivity index (χ3v) is 3.43. The average molecular weight is 287 g/mol. The molecule has 1 fully saturated rings. The standard InChI is InChI=1S/C10H11ClN4O4/c11-1-4-6(16)7(17)10(19-4)15-3-14-5-8(15)12-2-13-9(5)18/h2-4,6-7,10,16-17H,1H2,(H,12,13,18)/t4-,6+,7+,10-/m0/s1. The molecule has 0 unspecified atom stereocenters. The molecule has 0 saturated carbocycles. The highest BCUT2D eigenvalue weighted by Gasteiger charge is 2.43. The number of aromatic amines is 1. The third kappa shape index (κ3) is 1.84. The lowest BCUT2D eigenvalue weighted by molar-refractivity contribution is -0.0291. The number of halogens is 1. The number of hydrogen-bond donors (Lipinski definition) is 3. The third-order valence-electron chi connectivity index (χ3n) is 3.13. The van der Waals surface area contributed by atoms with E-state index in [1.807, 2.05) is 0 Å². The number of nitrogens with zero attached hydrogens (tertiary/aromatic N) is 3. The summed E-state index contributed by atoms with van der Waals surface area (Å²) < 4.78 is 6.87. The van der Waals surface area contributed by atoms with Gasteiger partial charge < -0.3 is 19.9 Å². The summed E-state index contributed by atoms with van der Waals surface area (Å²) >= 11 is 5.65. The van der Waals surface area contributed by atoms with E-state index in [0.717, 1.165) is 0 Å². The van der Waals surface area contributed by atoms with Crippen LogP contribution in [0.3, 0.4) is 0 Å². The average Bonchev–Trinajstić information content (AvgIpc) is 2.94. The Morgan fingerprint density at radius 1 is 1.42 bits per heavy atom. The number of aromatic nitrogens is 4. The van der Waals surface area contributed by atoms with Gasteiger partial charge in [-0.2, -0.15) is 0 Å². The summed E-state index contributed by atoms with van der Waals surface area (Å²) in [6, 6.07) is 0. The van der Waals surface area contributed by atoms with Crippen molar-refractivity contribution < 1.29 is 14.9 Å². The van der Waals surface area contributed by atoms with Crippen LogP contribution >= 0.6 is 11.6 Å². The molecule has 19 heavy (non-hydrogen) atoms. The summed E-state index contributed by atoms with van der Waals surface area (Å²) in [7, 11) is 0. The van der Waals surface area contributed by atoms with Crippen LogP contribution in [0.2, 0.25) is 0 Å². The highest BCUT2D eigenvalue weighted by Crippen LogP contribution is 2.31. The minimum Gasteiger partial charge on any atom is -0.387 e. The Morgan fingerprint density at radius 2 is 2.21 bits per heavy atom. The Labute approximate surface area is 111 Å². The lowest BCUT2D eigenvalue weighted by atomic mass is 10.1. The maximum atomic E-state index is 11.5. The molecule has 1 saturated heterocycles. The maximum Gasteiger partial charge on any atom is 0.278 e. The first-order valence-electron chi connectivity index (χ1n) is 5.61. The molecule has 8 nitrogen and oxygen atoms in total. The Kier molecular flexibility index (Phi) is 3.02. The second kappa shape index (κ2) is 4.57. The van der Waals surface area contributed by atoms with Crippen molar-refractivity contribution in [1.29, 1.82) is 0 Å². The highest BCUT2D eigenvalue weighted by atomic mass is 35.5. The fourth-order valence-corrected chi connectivity index (χ4v) is 2.39. The van der Waals surface area contributed by atoms with E-state index in [0.29, 0.717) is 0 Å². The molecule has 2 aromatic rings. The van der Waals surface area contributed by atoms with Gasteiger partial charge in [0.2, 0.25) is 0 Å². The highest BCUT2D eigenvalue weighted by molar-refractivity contribution is 6.18. The van der Waals surface area contributed by atoms with Crippen molar-refractivity contribution in [3.8, 4) is 0 Å². The lowest BCUT2D eigenvalue weighted by Gasteiger charge is -2.16. The van der Waals surface area contributed by atoms with E-state index in [-0.39, 0.29) is 22.6 Å². The van der Waals surface area contributed by atoms with Crippen LogP contribution in [-0.2, 0) is 4.74 Å². The van der Waals surface area contributed by atoms with E-state index in [4.69, 9.17) is 16.3 Å². The van der Waals surface area contributed by atoms with E-state index >= 15 is 0 Å². The topological polar surface area (TPSA) is 113 Å². The predicted octanol–water partition coefficient (Wildman–Crippen LogP) is -1.02. The van der Waals surface area contributed by atoms with Gasteiger partial charge in [-0.05, 0) is 0 Å². The van der Waals surface area contributed by atoms with Crippen molar-refractivity contribution >= 4 is 22.8 Å². The van der Waals surface area contributed by atoms with Crippen LogP contribution in [0.15, 0.2) is 17.4 Å². The number of nitrogens with one attached hydrogen (secondary N) is 1. The van der Waals surface area contributed by atoms with Gasteiger partial charge in [-0.1, -0.05) is 0 Å². The van der Waals surface area contributed by atoms with Crippen LogP contribution in [0.1, 0.15) is 6.23 Å². The van der Waals surface area contributed by atoms with Gasteiger partial charge in [0.1, 0.15) is 18.3 Å². The zero-order chi connectivity index (χ0) is 13.6. The fourth-order valence-electron chi connectivity index (χ4n) is 2.14. The van der Waals surface area contributed by atoms with Gasteiger partial charge in [0, 0.05) is 0 Å². The molecule has 1 aliphatic rings. The van der Waals surface area contributed by atoms with Gasteiger partial charge in [-0.25, -0.2) is 9.97 Å². The van der Waals surface area contributed by atoms with Crippen molar-refractivity contribution in [3.05, 3.63) is 23.0 Å². The number of H-pyrrole nitrogens is 1. The van der Waals surface area contributed by atoms with Crippen LogP contribution in [-0.4, -0.2) is 53.9 Å². The molecule has 0 aliphatic carbocycles. The number of hydrogen-bond acceptors (Lipinski definition) is 6. The zero-order valence-corrected chi connectivity index (χ0v) is 10.4. The summed E-state index contributed by atoms with van der Waals surface area (Å²) in [5.41, 5.74) is 0.0306. The summed E-state index contributed by atoms with van der Waals surface area (Å²) in [6.45, 7) is 0. The van der Waals surface area contributed by atoms with Crippen LogP contribution in [0.5, 0.6) is 0 Å². The molecule has 1 aliphatic heterocycles. The van der Waals surface area contributed by atoms with E-state index < -0.39 is 24.5 Å². The molecule has 2 aromatic heterocycles. The zero-order valence-electron chi connectivity index (χ0n) is 9.60. The molecule has 4 atom stereocenters. The van der Waals surface area contributed by atoms with Crippen molar-refractivity contribution in [2.75, 3.05) is 5.88 Å². The number of ether oxygens (including phenoxy) is 1. The van der Waals surface area contributed by atoms with Crippen molar-refractivity contribution in [2.45, 2.75) is 24.5 Å². The second-order valence-corrected chi connectivity index (χ2v) is 4.56. The molecule has 0 bridgehead atoms. The number of fused-ring (bicyclic) bond motifs is 1. The van der Waals surface area contributed by atoms with Crippen molar-refractivity contribution in [2.24, 2.45) is 0 Å². The maximum absolute atomic E-state index is 11.5. The van der Waals surface area contributed by atoms with Gasteiger partial charge in [0.15, 0.2) is 17.4 Å². The Balaban J connectivity index is 2.06. The number of rotatable bonds is 2. The van der Waals surface area contributed by atoms with Crippen LogP contribution < -0.4 is 5.56 Å². The number of imidazole rings is 1. The number of alkyl halides is 1. The SMILES string of the molecule is O=c1[nH]cnc2c1ncn2[C@H]1O[C@@H](CCl)[C@@H](O)[C@H]1O.